The quantitative estimate of drug-likeness (QED) is 0.372. The highest BCUT2D eigenvalue weighted by atomic mass is 16.5. The number of hydrogen-bond acceptors (Lipinski definition) is 7. The molecular weight excluding hydrogens is 524 g/mol. The molecule has 1 aliphatic rings. The molecule has 0 saturated carbocycles. The third kappa shape index (κ3) is 6.19. The molecule has 0 radical (unpaired) electrons. The zero-order chi connectivity index (χ0) is 30.1. The van der Waals surface area contributed by atoms with Crippen LogP contribution in [0.2, 0.25) is 0 Å². The van der Waals surface area contributed by atoms with Crippen LogP contribution in [-0.4, -0.2) is 58.7 Å². The first-order chi connectivity index (χ1) is 19.3. The van der Waals surface area contributed by atoms with Crippen LogP contribution in [0.25, 0.3) is 22.6 Å². The SMILES string of the molecule is COC(=O)C(NC(=O)c1ccc(-c2nc3cc(C#N)cc(C(C)C)c3o2)cc1)C1CCN(C(=O)O)C(C(C)(C)C)C1. The Kier molecular flexibility index (Phi) is 8.38. The molecule has 3 unspecified atom stereocenters. The van der Waals surface area contributed by atoms with Gasteiger partial charge >= 0.3 is 12.1 Å². The van der Waals surface area contributed by atoms with Crippen molar-refractivity contribution in [2.24, 2.45) is 11.3 Å². The predicted octanol–water partition coefficient (Wildman–Crippen LogP) is 5.57. The van der Waals surface area contributed by atoms with Gasteiger partial charge < -0.3 is 24.5 Å². The molecule has 2 aromatic carbocycles. The number of carbonyl (C=O) groups excluding carboxylic acids is 2. The average molecular weight is 561 g/mol. The highest BCUT2D eigenvalue weighted by molar-refractivity contribution is 5.97. The van der Waals surface area contributed by atoms with Gasteiger partial charge in [-0.05, 0) is 66.5 Å². The second-order valence-electron chi connectivity index (χ2n) is 11.9. The van der Waals surface area contributed by atoms with Crippen LogP contribution in [0.3, 0.4) is 0 Å². The fourth-order valence-electron chi connectivity index (χ4n) is 5.51. The summed E-state index contributed by atoms with van der Waals surface area (Å²) in [6.07, 6.45) is -0.160. The van der Waals surface area contributed by atoms with Crippen LogP contribution in [0.15, 0.2) is 40.8 Å². The fourth-order valence-corrected chi connectivity index (χ4v) is 5.51. The lowest BCUT2D eigenvalue weighted by molar-refractivity contribution is -0.145. The maximum atomic E-state index is 13.3. The standard InChI is InChI=1S/C31H36N4O6/c1-17(2)22-13-18(16-32)14-23-26(22)41-28(33-23)20-9-7-19(8-10-20)27(36)34-25(29(37)40-6)21-11-12-35(30(38)39)24(15-21)31(3,4)5/h7-10,13-14,17,21,24-25H,11-12,15H2,1-6H3,(H,34,36)(H,38,39). The van der Waals surface area contributed by atoms with E-state index in [0.717, 1.165) is 5.56 Å². The van der Waals surface area contributed by atoms with E-state index < -0.39 is 24.0 Å². The van der Waals surface area contributed by atoms with Gasteiger partial charge in [-0.15, -0.1) is 0 Å². The van der Waals surface area contributed by atoms with Crippen LogP contribution in [-0.2, 0) is 9.53 Å². The van der Waals surface area contributed by atoms with Crippen LogP contribution in [0.1, 0.15) is 74.9 Å². The molecule has 1 aliphatic heterocycles. The minimum absolute atomic E-state index is 0.135. The van der Waals surface area contributed by atoms with E-state index in [1.165, 1.54) is 12.0 Å². The number of esters is 1. The third-order valence-electron chi connectivity index (χ3n) is 7.77. The summed E-state index contributed by atoms with van der Waals surface area (Å²) < 4.78 is 11.1. The minimum atomic E-state index is -0.994. The Labute approximate surface area is 239 Å². The second-order valence-corrected chi connectivity index (χ2v) is 11.9. The zero-order valence-electron chi connectivity index (χ0n) is 24.2. The molecule has 2 heterocycles. The van der Waals surface area contributed by atoms with Gasteiger partial charge in [0.05, 0.1) is 18.7 Å². The van der Waals surface area contributed by atoms with Gasteiger partial charge in [-0.1, -0.05) is 34.6 Å². The number of amides is 2. The maximum absolute atomic E-state index is 13.3. The third-order valence-corrected chi connectivity index (χ3v) is 7.77. The van der Waals surface area contributed by atoms with Crippen molar-refractivity contribution >= 4 is 29.1 Å². The molecule has 0 bridgehead atoms. The Morgan fingerprint density at radius 1 is 1.20 bits per heavy atom. The molecule has 1 saturated heterocycles. The van der Waals surface area contributed by atoms with Gasteiger partial charge in [-0.2, -0.15) is 5.26 Å². The van der Waals surface area contributed by atoms with Crippen molar-refractivity contribution in [1.82, 2.24) is 15.2 Å². The van der Waals surface area contributed by atoms with Gasteiger partial charge in [0.25, 0.3) is 5.91 Å². The monoisotopic (exact) mass is 560 g/mol. The number of hydrogen-bond donors (Lipinski definition) is 2. The minimum Gasteiger partial charge on any atom is -0.467 e. The lowest BCUT2D eigenvalue weighted by atomic mass is 9.75. The Bertz CT molecular complexity index is 1500. The number of nitriles is 1. The molecule has 3 atom stereocenters. The van der Waals surface area contributed by atoms with E-state index in [9.17, 15) is 24.8 Å². The van der Waals surface area contributed by atoms with Crippen molar-refractivity contribution in [2.45, 2.75) is 65.5 Å². The number of carbonyl (C=O) groups is 3. The van der Waals surface area contributed by atoms with Gasteiger partial charge in [-0.3, -0.25) is 4.79 Å². The molecule has 0 spiro atoms. The summed E-state index contributed by atoms with van der Waals surface area (Å²) in [5.41, 5.74) is 3.26. The van der Waals surface area contributed by atoms with E-state index in [1.807, 2.05) is 40.7 Å². The largest absolute Gasteiger partial charge is 0.467 e. The Morgan fingerprint density at radius 3 is 2.44 bits per heavy atom. The molecule has 1 fully saturated rings. The maximum Gasteiger partial charge on any atom is 0.407 e. The van der Waals surface area contributed by atoms with E-state index in [4.69, 9.17) is 9.15 Å². The van der Waals surface area contributed by atoms with E-state index in [1.54, 1.807) is 30.3 Å². The topological polar surface area (TPSA) is 146 Å². The molecular formula is C31H36N4O6. The number of benzene rings is 2. The number of carboxylic acid groups (broad SMARTS) is 1. The number of likely N-dealkylation sites (tertiary alicyclic amines) is 1. The second kappa shape index (κ2) is 11.6. The molecule has 1 aromatic heterocycles. The molecule has 3 aromatic rings. The van der Waals surface area contributed by atoms with Gasteiger partial charge in [-0.25, -0.2) is 14.6 Å². The smallest absolute Gasteiger partial charge is 0.407 e. The Morgan fingerprint density at radius 2 is 1.88 bits per heavy atom. The van der Waals surface area contributed by atoms with Crippen LogP contribution in [0, 0.1) is 22.7 Å². The van der Waals surface area contributed by atoms with Crippen molar-refractivity contribution in [3.63, 3.8) is 0 Å². The predicted molar refractivity (Wildman–Crippen MR) is 152 cm³/mol. The van der Waals surface area contributed by atoms with Crippen LogP contribution in [0.4, 0.5) is 4.79 Å². The molecule has 10 nitrogen and oxygen atoms in total. The normalized spacial score (nSPS) is 18.1. The molecule has 0 aliphatic carbocycles. The summed E-state index contributed by atoms with van der Waals surface area (Å²) >= 11 is 0. The molecule has 2 N–H and O–H groups in total. The molecule has 10 heteroatoms. The van der Waals surface area contributed by atoms with Gasteiger partial charge in [0.1, 0.15) is 11.6 Å². The van der Waals surface area contributed by atoms with Gasteiger partial charge in [0, 0.05) is 29.3 Å². The average Bonchev–Trinajstić information content (AvgIpc) is 3.38. The van der Waals surface area contributed by atoms with Gasteiger partial charge in [0.2, 0.25) is 5.89 Å². The lowest BCUT2D eigenvalue weighted by Gasteiger charge is -2.45. The Hall–Kier alpha value is -4.39. The summed E-state index contributed by atoms with van der Waals surface area (Å²) in [6.45, 7) is 10.2. The summed E-state index contributed by atoms with van der Waals surface area (Å²) in [4.78, 5) is 43.9. The van der Waals surface area contributed by atoms with E-state index in [0.29, 0.717) is 46.5 Å². The summed E-state index contributed by atoms with van der Waals surface area (Å²) in [7, 11) is 1.27. The number of piperidine rings is 1. The van der Waals surface area contributed by atoms with Crippen LogP contribution < -0.4 is 5.32 Å². The van der Waals surface area contributed by atoms with Crippen molar-refractivity contribution in [3.05, 3.63) is 53.1 Å². The number of fused-ring (bicyclic) bond motifs is 1. The number of aromatic nitrogens is 1. The first-order valence-electron chi connectivity index (χ1n) is 13.7. The summed E-state index contributed by atoms with van der Waals surface area (Å²) in [5.74, 6) is -0.803. The molecule has 216 valence electrons. The van der Waals surface area contributed by atoms with Crippen molar-refractivity contribution in [1.29, 1.82) is 5.26 Å². The fraction of sp³-hybridized carbons (Fsp3) is 0.452. The van der Waals surface area contributed by atoms with E-state index >= 15 is 0 Å². The van der Waals surface area contributed by atoms with Crippen molar-refractivity contribution < 1.29 is 28.6 Å². The number of rotatable bonds is 6. The van der Waals surface area contributed by atoms with Gasteiger partial charge in [0.15, 0.2) is 5.58 Å². The number of nitrogens with one attached hydrogen (secondary N) is 1. The van der Waals surface area contributed by atoms with E-state index in [-0.39, 0.29) is 29.8 Å². The number of nitrogens with zero attached hydrogens (tertiary/aromatic N) is 3. The summed E-state index contributed by atoms with van der Waals surface area (Å²) in [5, 5.41) is 21.9. The number of oxazole rings is 1. The number of methoxy groups -OCH3 is 1. The van der Waals surface area contributed by atoms with Crippen molar-refractivity contribution in [2.75, 3.05) is 13.7 Å². The summed E-state index contributed by atoms with van der Waals surface area (Å²) in [6, 6.07) is 11.1. The zero-order valence-corrected chi connectivity index (χ0v) is 24.2. The van der Waals surface area contributed by atoms with Crippen molar-refractivity contribution in [3.8, 4) is 17.5 Å². The number of ether oxygens (including phenoxy) is 1. The molecule has 4 rings (SSSR count). The van der Waals surface area contributed by atoms with Crippen LogP contribution in [0.5, 0.6) is 0 Å². The highest BCUT2D eigenvalue weighted by Gasteiger charge is 2.43. The first kappa shape index (κ1) is 29.6. The Balaban J connectivity index is 1.55. The lowest BCUT2D eigenvalue weighted by Crippen LogP contribution is -2.56. The highest BCUT2D eigenvalue weighted by Crippen LogP contribution is 2.36. The van der Waals surface area contributed by atoms with Crippen LogP contribution >= 0.6 is 0 Å². The molecule has 41 heavy (non-hydrogen) atoms. The van der Waals surface area contributed by atoms with E-state index in [2.05, 4.69) is 16.4 Å². The molecule has 2 amide bonds. The first-order valence-corrected chi connectivity index (χ1v) is 13.7.